The molecule has 60 valence electrons. The summed E-state index contributed by atoms with van der Waals surface area (Å²) in [7, 11) is 1.79. The third-order valence-corrected chi connectivity index (χ3v) is 1.64. The maximum atomic E-state index is 9.21. The first-order chi connectivity index (χ1) is 5.15. The van der Waals surface area contributed by atoms with Crippen LogP contribution in [0.2, 0.25) is 0 Å². The van der Waals surface area contributed by atoms with E-state index in [0.29, 0.717) is 5.69 Å². The second-order valence-corrected chi connectivity index (χ2v) is 2.48. The lowest BCUT2D eigenvalue weighted by Gasteiger charge is -2.06. The fraction of sp³-hybridized carbons (Fsp3) is 0.250. The number of anilines is 2. The molecular weight excluding hydrogens is 140 g/mol. The lowest BCUT2D eigenvalue weighted by Crippen LogP contribution is -1.95. The van der Waals surface area contributed by atoms with Crippen LogP contribution in [0.1, 0.15) is 5.56 Å². The van der Waals surface area contributed by atoms with E-state index in [-0.39, 0.29) is 5.75 Å². The summed E-state index contributed by atoms with van der Waals surface area (Å²) >= 11 is 0. The number of aromatic hydroxyl groups is 1. The fourth-order valence-corrected chi connectivity index (χ4v) is 0.929. The van der Waals surface area contributed by atoms with Crippen LogP contribution in [-0.2, 0) is 0 Å². The lowest BCUT2D eigenvalue weighted by molar-refractivity contribution is 0.471. The van der Waals surface area contributed by atoms with E-state index in [9.17, 15) is 5.11 Å². The first-order valence-corrected chi connectivity index (χ1v) is 3.42. The summed E-state index contributed by atoms with van der Waals surface area (Å²) in [6.45, 7) is 1.83. The van der Waals surface area contributed by atoms with Gasteiger partial charge in [0.1, 0.15) is 5.75 Å². The molecule has 0 heterocycles. The zero-order valence-electron chi connectivity index (χ0n) is 6.68. The molecule has 0 amide bonds. The summed E-state index contributed by atoms with van der Waals surface area (Å²) < 4.78 is 0. The first-order valence-electron chi connectivity index (χ1n) is 3.42. The van der Waals surface area contributed by atoms with Crippen LogP contribution in [0.15, 0.2) is 12.1 Å². The van der Waals surface area contributed by atoms with Crippen LogP contribution in [0, 0.1) is 6.92 Å². The van der Waals surface area contributed by atoms with Crippen molar-refractivity contribution in [1.82, 2.24) is 0 Å². The minimum Gasteiger partial charge on any atom is -0.508 e. The van der Waals surface area contributed by atoms with Crippen LogP contribution in [0.5, 0.6) is 5.75 Å². The molecule has 0 saturated carbocycles. The lowest BCUT2D eigenvalue weighted by atomic mass is 10.2. The van der Waals surface area contributed by atoms with Crippen LogP contribution in [0.3, 0.4) is 0 Å². The number of hydrogen-bond acceptors (Lipinski definition) is 3. The monoisotopic (exact) mass is 152 g/mol. The summed E-state index contributed by atoms with van der Waals surface area (Å²) in [5.41, 5.74) is 7.81. The number of nitrogen functional groups attached to an aromatic ring is 1. The molecule has 4 N–H and O–H groups in total. The highest BCUT2D eigenvalue weighted by molar-refractivity contribution is 5.69. The van der Waals surface area contributed by atoms with Crippen LogP contribution in [-0.4, -0.2) is 12.2 Å². The van der Waals surface area contributed by atoms with E-state index in [1.807, 2.05) is 13.0 Å². The molecule has 0 aliphatic rings. The van der Waals surface area contributed by atoms with Crippen molar-refractivity contribution in [2.75, 3.05) is 18.1 Å². The molecule has 0 bridgehead atoms. The molecule has 11 heavy (non-hydrogen) atoms. The Hall–Kier alpha value is -1.38. The highest BCUT2D eigenvalue weighted by Crippen LogP contribution is 2.26. The standard InChI is InChI=1S/C8H12N2O/c1-5-3-7(10-2)6(9)4-8(5)11/h3-4,10-11H,9H2,1-2H3. The van der Waals surface area contributed by atoms with Crippen molar-refractivity contribution in [3.8, 4) is 5.75 Å². The quantitative estimate of drug-likeness (QED) is 0.420. The smallest absolute Gasteiger partial charge is 0.120 e. The van der Waals surface area contributed by atoms with Crippen molar-refractivity contribution >= 4 is 11.4 Å². The van der Waals surface area contributed by atoms with Gasteiger partial charge in [-0.2, -0.15) is 0 Å². The van der Waals surface area contributed by atoms with Gasteiger partial charge < -0.3 is 16.2 Å². The summed E-state index contributed by atoms with van der Waals surface area (Å²) in [5, 5.41) is 12.1. The molecule has 3 nitrogen and oxygen atoms in total. The molecule has 0 radical (unpaired) electrons. The van der Waals surface area contributed by atoms with E-state index in [1.165, 1.54) is 0 Å². The molecule has 1 aromatic carbocycles. The zero-order chi connectivity index (χ0) is 8.43. The Morgan fingerprint density at radius 1 is 1.45 bits per heavy atom. The van der Waals surface area contributed by atoms with Crippen molar-refractivity contribution in [1.29, 1.82) is 0 Å². The minimum atomic E-state index is 0.238. The van der Waals surface area contributed by atoms with Gasteiger partial charge in [0, 0.05) is 13.1 Å². The average Bonchev–Trinajstić information content (AvgIpc) is 1.97. The molecule has 1 rings (SSSR count). The van der Waals surface area contributed by atoms with Gasteiger partial charge in [0.05, 0.1) is 11.4 Å². The van der Waals surface area contributed by atoms with Crippen molar-refractivity contribution in [3.05, 3.63) is 17.7 Å². The largest absolute Gasteiger partial charge is 0.508 e. The highest BCUT2D eigenvalue weighted by atomic mass is 16.3. The van der Waals surface area contributed by atoms with Gasteiger partial charge in [-0.25, -0.2) is 0 Å². The van der Waals surface area contributed by atoms with E-state index < -0.39 is 0 Å². The van der Waals surface area contributed by atoms with E-state index in [2.05, 4.69) is 5.32 Å². The normalized spacial score (nSPS) is 9.64. The Labute approximate surface area is 65.8 Å². The maximum absolute atomic E-state index is 9.21. The zero-order valence-corrected chi connectivity index (χ0v) is 6.68. The van der Waals surface area contributed by atoms with Gasteiger partial charge in [-0.05, 0) is 18.6 Å². The molecule has 0 aromatic heterocycles. The Bertz CT molecular complexity index is 271. The summed E-state index contributed by atoms with van der Waals surface area (Å²) in [6.07, 6.45) is 0. The first kappa shape index (κ1) is 7.72. The predicted molar refractivity (Wildman–Crippen MR) is 46.8 cm³/mol. The average molecular weight is 152 g/mol. The summed E-state index contributed by atoms with van der Waals surface area (Å²) in [5.74, 6) is 0.238. The van der Waals surface area contributed by atoms with E-state index >= 15 is 0 Å². The van der Waals surface area contributed by atoms with Crippen LogP contribution >= 0.6 is 0 Å². The van der Waals surface area contributed by atoms with E-state index in [1.54, 1.807) is 13.1 Å². The van der Waals surface area contributed by atoms with Crippen LogP contribution in [0.25, 0.3) is 0 Å². The van der Waals surface area contributed by atoms with Gasteiger partial charge in [0.25, 0.3) is 0 Å². The van der Waals surface area contributed by atoms with Crippen molar-refractivity contribution in [3.63, 3.8) is 0 Å². The molecule has 3 heteroatoms. The highest BCUT2D eigenvalue weighted by Gasteiger charge is 2.00. The number of nitrogens with two attached hydrogens (primary N) is 1. The SMILES string of the molecule is CNc1cc(C)c(O)cc1N. The summed E-state index contributed by atoms with van der Waals surface area (Å²) in [6, 6.07) is 3.35. The van der Waals surface area contributed by atoms with Gasteiger partial charge >= 0.3 is 0 Å². The number of hydrogen-bond donors (Lipinski definition) is 3. The molecule has 0 aliphatic carbocycles. The molecule has 0 spiro atoms. The Morgan fingerprint density at radius 2 is 2.09 bits per heavy atom. The molecule has 0 unspecified atom stereocenters. The van der Waals surface area contributed by atoms with E-state index in [4.69, 9.17) is 5.73 Å². The topological polar surface area (TPSA) is 58.3 Å². The Balaban J connectivity index is 3.21. The third kappa shape index (κ3) is 1.37. The molecular formula is C8H12N2O. The number of rotatable bonds is 1. The number of nitrogens with one attached hydrogen (secondary N) is 1. The van der Waals surface area contributed by atoms with Gasteiger partial charge in [-0.15, -0.1) is 0 Å². The van der Waals surface area contributed by atoms with Gasteiger partial charge in [-0.3, -0.25) is 0 Å². The fourth-order valence-electron chi connectivity index (χ4n) is 0.929. The van der Waals surface area contributed by atoms with Gasteiger partial charge in [0.15, 0.2) is 0 Å². The second-order valence-electron chi connectivity index (χ2n) is 2.48. The molecule has 0 atom stereocenters. The third-order valence-electron chi connectivity index (χ3n) is 1.64. The van der Waals surface area contributed by atoms with Crippen molar-refractivity contribution < 1.29 is 5.11 Å². The maximum Gasteiger partial charge on any atom is 0.120 e. The number of phenols is 1. The second kappa shape index (κ2) is 2.70. The molecule has 0 fully saturated rings. The van der Waals surface area contributed by atoms with Gasteiger partial charge in [0.2, 0.25) is 0 Å². The summed E-state index contributed by atoms with van der Waals surface area (Å²) in [4.78, 5) is 0. The Morgan fingerprint density at radius 3 is 2.64 bits per heavy atom. The molecule has 0 aliphatic heterocycles. The van der Waals surface area contributed by atoms with Crippen LogP contribution < -0.4 is 11.1 Å². The van der Waals surface area contributed by atoms with E-state index in [0.717, 1.165) is 11.3 Å². The number of benzene rings is 1. The van der Waals surface area contributed by atoms with Crippen molar-refractivity contribution in [2.24, 2.45) is 0 Å². The predicted octanol–water partition coefficient (Wildman–Crippen LogP) is 1.32. The van der Waals surface area contributed by atoms with Gasteiger partial charge in [-0.1, -0.05) is 0 Å². The Kier molecular flexibility index (Phi) is 1.89. The minimum absolute atomic E-state index is 0.238. The molecule has 0 saturated heterocycles. The number of phenolic OH excluding ortho intramolecular Hbond substituents is 1. The number of aryl methyl sites for hydroxylation is 1. The van der Waals surface area contributed by atoms with Crippen molar-refractivity contribution in [2.45, 2.75) is 6.92 Å². The molecule has 1 aromatic rings. The van der Waals surface area contributed by atoms with Crippen LogP contribution in [0.4, 0.5) is 11.4 Å².